The lowest BCUT2D eigenvalue weighted by atomic mass is 10.2. The minimum absolute atomic E-state index is 0.275. The number of rotatable bonds is 3. The highest BCUT2D eigenvalue weighted by Crippen LogP contribution is 2.19. The molecule has 0 aliphatic carbocycles. The number of nitrogens with one attached hydrogen (secondary N) is 1. The van der Waals surface area contributed by atoms with Gasteiger partial charge < -0.3 is 5.73 Å². The normalized spacial score (nSPS) is 10.6. The van der Waals surface area contributed by atoms with E-state index in [0.717, 1.165) is 5.56 Å². The lowest BCUT2D eigenvalue weighted by molar-refractivity contribution is 0.600. The van der Waals surface area contributed by atoms with Gasteiger partial charge in [-0.25, -0.2) is 8.42 Å². The van der Waals surface area contributed by atoms with Crippen LogP contribution in [-0.4, -0.2) is 15.0 Å². The van der Waals surface area contributed by atoms with Crippen molar-refractivity contribution < 1.29 is 8.42 Å². The Balaban J connectivity index is 2.23. The summed E-state index contributed by atoms with van der Waals surface area (Å²) in [6.07, 6.45) is 0. The van der Waals surface area contributed by atoms with Crippen molar-refractivity contribution in [1.29, 1.82) is 0 Å². The van der Waals surface area contributed by atoms with E-state index in [1.807, 2.05) is 0 Å². The molecule has 0 spiro atoms. The molecular formula is C16H16N2O2S. The molecule has 2 aromatic rings. The van der Waals surface area contributed by atoms with Gasteiger partial charge in [-0.1, -0.05) is 30.0 Å². The summed E-state index contributed by atoms with van der Waals surface area (Å²) in [5.74, 6) is 5.63. The maximum Gasteiger partial charge on any atom is 0.262 e. The minimum Gasteiger partial charge on any atom is -0.320 e. The van der Waals surface area contributed by atoms with E-state index >= 15 is 0 Å². The van der Waals surface area contributed by atoms with Crippen LogP contribution >= 0.6 is 0 Å². The van der Waals surface area contributed by atoms with Crippen LogP contribution in [0.1, 0.15) is 11.1 Å². The van der Waals surface area contributed by atoms with Crippen LogP contribution < -0.4 is 10.5 Å². The molecule has 0 fully saturated rings. The standard InChI is InChI=1S/C16H16N2O2S/c1-13-5-2-3-7-16(13)21(19,20)18-15-10-8-14(9-11-15)6-4-12-17/h2-3,5,7-11,18H,12,17H2,1H3. The summed E-state index contributed by atoms with van der Waals surface area (Å²) in [5.41, 5.74) is 7.29. The van der Waals surface area contributed by atoms with Crippen LogP contribution in [0.5, 0.6) is 0 Å². The van der Waals surface area contributed by atoms with Crippen molar-refractivity contribution in [2.24, 2.45) is 5.73 Å². The molecule has 0 saturated heterocycles. The summed E-state index contributed by atoms with van der Waals surface area (Å²) in [6, 6.07) is 13.7. The number of aryl methyl sites for hydroxylation is 1. The molecule has 0 saturated carbocycles. The first-order valence-electron chi connectivity index (χ1n) is 6.40. The van der Waals surface area contributed by atoms with Crippen LogP contribution in [0.3, 0.4) is 0 Å². The van der Waals surface area contributed by atoms with Gasteiger partial charge in [0.05, 0.1) is 11.4 Å². The fourth-order valence-electron chi connectivity index (χ4n) is 1.84. The topological polar surface area (TPSA) is 72.2 Å². The monoisotopic (exact) mass is 300 g/mol. The third-order valence-corrected chi connectivity index (χ3v) is 4.40. The number of hydrogen-bond acceptors (Lipinski definition) is 3. The minimum atomic E-state index is -3.58. The molecule has 2 rings (SSSR count). The lowest BCUT2D eigenvalue weighted by Gasteiger charge is -2.10. The molecule has 3 N–H and O–H groups in total. The summed E-state index contributed by atoms with van der Waals surface area (Å²) < 4.78 is 27.2. The molecule has 0 amide bonds. The van der Waals surface area contributed by atoms with E-state index in [2.05, 4.69) is 16.6 Å². The molecule has 0 aliphatic heterocycles. The summed E-state index contributed by atoms with van der Waals surface area (Å²) in [7, 11) is -3.58. The van der Waals surface area contributed by atoms with Crippen LogP contribution in [0.25, 0.3) is 0 Å². The zero-order valence-electron chi connectivity index (χ0n) is 11.6. The molecule has 108 valence electrons. The van der Waals surface area contributed by atoms with E-state index < -0.39 is 10.0 Å². The Bertz CT molecular complexity index is 785. The number of sulfonamides is 1. The fourth-order valence-corrected chi connectivity index (χ4v) is 3.15. The maximum atomic E-state index is 12.3. The first-order valence-corrected chi connectivity index (χ1v) is 7.89. The Labute approximate surface area is 125 Å². The second-order valence-corrected chi connectivity index (χ2v) is 6.11. The SMILES string of the molecule is Cc1ccccc1S(=O)(=O)Nc1ccc(C#CCN)cc1. The van der Waals surface area contributed by atoms with E-state index in [0.29, 0.717) is 17.8 Å². The fraction of sp³-hybridized carbons (Fsp3) is 0.125. The van der Waals surface area contributed by atoms with Crippen LogP contribution in [-0.2, 0) is 10.0 Å². The lowest BCUT2D eigenvalue weighted by Crippen LogP contribution is -2.14. The molecule has 0 atom stereocenters. The molecule has 0 radical (unpaired) electrons. The van der Waals surface area contributed by atoms with Crippen LogP contribution in [0.2, 0.25) is 0 Å². The first kappa shape index (κ1) is 15.1. The average molecular weight is 300 g/mol. The van der Waals surface area contributed by atoms with Crippen molar-refractivity contribution >= 4 is 15.7 Å². The van der Waals surface area contributed by atoms with Crippen molar-refractivity contribution in [3.05, 3.63) is 59.7 Å². The van der Waals surface area contributed by atoms with E-state index in [4.69, 9.17) is 5.73 Å². The Morgan fingerprint density at radius 1 is 1.10 bits per heavy atom. The molecule has 0 aliphatic rings. The predicted octanol–water partition coefficient (Wildman–Crippen LogP) is 2.11. The zero-order chi connectivity index (χ0) is 15.3. The smallest absolute Gasteiger partial charge is 0.262 e. The molecule has 2 aromatic carbocycles. The van der Waals surface area contributed by atoms with Crippen molar-refractivity contribution in [1.82, 2.24) is 0 Å². The molecule has 4 nitrogen and oxygen atoms in total. The van der Waals surface area contributed by atoms with Crippen LogP contribution in [0.15, 0.2) is 53.4 Å². The Morgan fingerprint density at radius 3 is 2.38 bits per heavy atom. The van der Waals surface area contributed by atoms with E-state index in [-0.39, 0.29) is 4.90 Å². The number of hydrogen-bond donors (Lipinski definition) is 2. The van der Waals surface area contributed by atoms with Crippen LogP contribution in [0, 0.1) is 18.8 Å². The Morgan fingerprint density at radius 2 is 1.76 bits per heavy atom. The van der Waals surface area contributed by atoms with Crippen molar-refractivity contribution in [2.45, 2.75) is 11.8 Å². The Kier molecular flexibility index (Phi) is 4.63. The number of benzene rings is 2. The highest BCUT2D eigenvalue weighted by atomic mass is 32.2. The summed E-state index contributed by atoms with van der Waals surface area (Å²) in [5, 5.41) is 0. The predicted molar refractivity (Wildman–Crippen MR) is 84.4 cm³/mol. The van der Waals surface area contributed by atoms with Crippen molar-refractivity contribution in [2.75, 3.05) is 11.3 Å². The third-order valence-electron chi connectivity index (χ3n) is 2.86. The van der Waals surface area contributed by atoms with Crippen molar-refractivity contribution in [3.63, 3.8) is 0 Å². The second kappa shape index (κ2) is 6.44. The van der Waals surface area contributed by atoms with Gasteiger partial charge in [0.25, 0.3) is 10.0 Å². The maximum absolute atomic E-state index is 12.3. The zero-order valence-corrected chi connectivity index (χ0v) is 12.4. The van der Waals surface area contributed by atoms with Gasteiger partial charge in [-0.05, 0) is 42.8 Å². The van der Waals surface area contributed by atoms with Gasteiger partial charge in [0.1, 0.15) is 0 Å². The summed E-state index contributed by atoms with van der Waals surface area (Å²) in [6.45, 7) is 2.06. The molecule has 0 heterocycles. The largest absolute Gasteiger partial charge is 0.320 e. The van der Waals surface area contributed by atoms with Gasteiger partial charge in [-0.15, -0.1) is 0 Å². The molecule has 5 heteroatoms. The Hall–Kier alpha value is -2.29. The average Bonchev–Trinajstić information content (AvgIpc) is 2.46. The van der Waals surface area contributed by atoms with Gasteiger partial charge in [-0.3, -0.25) is 4.72 Å². The quantitative estimate of drug-likeness (QED) is 0.853. The summed E-state index contributed by atoms with van der Waals surface area (Å²) in [4.78, 5) is 0.275. The summed E-state index contributed by atoms with van der Waals surface area (Å²) >= 11 is 0. The van der Waals surface area contributed by atoms with E-state index in [1.165, 1.54) is 0 Å². The van der Waals surface area contributed by atoms with Gasteiger partial charge >= 0.3 is 0 Å². The molecular weight excluding hydrogens is 284 g/mol. The van der Waals surface area contributed by atoms with Gasteiger partial charge in [-0.2, -0.15) is 0 Å². The second-order valence-electron chi connectivity index (χ2n) is 4.45. The molecule has 0 unspecified atom stereocenters. The highest BCUT2D eigenvalue weighted by Gasteiger charge is 2.15. The molecule has 0 bridgehead atoms. The van der Waals surface area contributed by atoms with Gasteiger partial charge in [0.2, 0.25) is 0 Å². The van der Waals surface area contributed by atoms with Gasteiger partial charge in [0, 0.05) is 11.3 Å². The highest BCUT2D eigenvalue weighted by molar-refractivity contribution is 7.92. The number of anilines is 1. The van der Waals surface area contributed by atoms with E-state index in [1.54, 1.807) is 55.5 Å². The van der Waals surface area contributed by atoms with Crippen molar-refractivity contribution in [3.8, 4) is 11.8 Å². The van der Waals surface area contributed by atoms with Crippen LogP contribution in [0.4, 0.5) is 5.69 Å². The van der Waals surface area contributed by atoms with Gasteiger partial charge in [0.15, 0.2) is 0 Å². The molecule has 21 heavy (non-hydrogen) atoms. The third kappa shape index (κ3) is 3.85. The number of nitrogens with two attached hydrogens (primary N) is 1. The van der Waals surface area contributed by atoms with E-state index in [9.17, 15) is 8.42 Å². The first-order chi connectivity index (χ1) is 10.0. The molecule has 0 aromatic heterocycles.